The van der Waals surface area contributed by atoms with Crippen molar-refractivity contribution in [2.45, 2.75) is 45.2 Å². The number of pyridine rings is 1. The minimum atomic E-state index is -0.141. The molecule has 0 bridgehead atoms. The highest BCUT2D eigenvalue weighted by Gasteiger charge is 2.26. The summed E-state index contributed by atoms with van der Waals surface area (Å²) in [6.45, 7) is 4.29. The quantitative estimate of drug-likeness (QED) is 0.875. The molecule has 1 amide bonds. The van der Waals surface area contributed by atoms with Gasteiger partial charge in [0.25, 0.3) is 5.91 Å². The highest BCUT2D eigenvalue weighted by molar-refractivity contribution is 5.92. The maximum absolute atomic E-state index is 12.2. The lowest BCUT2D eigenvalue weighted by molar-refractivity contribution is 0.0366. The van der Waals surface area contributed by atoms with Gasteiger partial charge in [-0.05, 0) is 38.8 Å². The van der Waals surface area contributed by atoms with E-state index in [2.05, 4.69) is 34.6 Å². The first-order chi connectivity index (χ1) is 9.11. The summed E-state index contributed by atoms with van der Waals surface area (Å²) in [5.41, 5.74) is 4.32. The summed E-state index contributed by atoms with van der Waals surface area (Å²) < 4.78 is 0. The standard InChI is InChI=1S/C14H22N4O/c1-10-5-4-6-11(2)18(10)17-14(19)13-9-12(15-3)7-8-16-13/h7-11H,4-6H2,1-3H3,(H,15,16)(H,17,19). The van der Waals surface area contributed by atoms with Crippen LogP contribution in [0.3, 0.4) is 0 Å². The summed E-state index contributed by atoms with van der Waals surface area (Å²) in [4.78, 5) is 16.4. The number of anilines is 1. The van der Waals surface area contributed by atoms with Crippen LogP contribution in [0.2, 0.25) is 0 Å². The van der Waals surface area contributed by atoms with Crippen LogP contribution in [0, 0.1) is 0 Å². The number of carbonyl (C=O) groups is 1. The van der Waals surface area contributed by atoms with E-state index in [-0.39, 0.29) is 5.91 Å². The van der Waals surface area contributed by atoms with Crippen LogP contribution in [0.1, 0.15) is 43.6 Å². The van der Waals surface area contributed by atoms with Gasteiger partial charge in [-0.25, -0.2) is 5.01 Å². The van der Waals surface area contributed by atoms with E-state index in [1.54, 1.807) is 12.3 Å². The van der Waals surface area contributed by atoms with Crippen molar-refractivity contribution in [3.05, 3.63) is 24.0 Å². The predicted octanol–water partition coefficient (Wildman–Crippen LogP) is 2.03. The molecule has 2 rings (SSSR count). The SMILES string of the molecule is CNc1ccnc(C(=O)NN2C(C)CCCC2C)c1. The normalized spacial score (nSPS) is 23.9. The average molecular weight is 262 g/mol. The summed E-state index contributed by atoms with van der Waals surface area (Å²) in [5.74, 6) is -0.141. The van der Waals surface area contributed by atoms with E-state index in [1.165, 1.54) is 6.42 Å². The van der Waals surface area contributed by atoms with Crippen LogP contribution in [0.5, 0.6) is 0 Å². The summed E-state index contributed by atoms with van der Waals surface area (Å²) in [6.07, 6.45) is 5.11. The van der Waals surface area contributed by atoms with Crippen LogP contribution in [0.25, 0.3) is 0 Å². The number of hydrazine groups is 1. The predicted molar refractivity (Wildman–Crippen MR) is 75.9 cm³/mol. The molecule has 0 aromatic carbocycles. The van der Waals surface area contributed by atoms with E-state index in [9.17, 15) is 4.79 Å². The van der Waals surface area contributed by atoms with Crippen LogP contribution in [0.15, 0.2) is 18.3 Å². The van der Waals surface area contributed by atoms with Gasteiger partial charge in [-0.15, -0.1) is 0 Å². The van der Waals surface area contributed by atoms with Gasteiger partial charge in [0.2, 0.25) is 0 Å². The second-order valence-corrected chi connectivity index (χ2v) is 5.16. The first-order valence-corrected chi connectivity index (χ1v) is 6.85. The van der Waals surface area contributed by atoms with E-state index < -0.39 is 0 Å². The molecule has 5 heteroatoms. The summed E-state index contributed by atoms with van der Waals surface area (Å²) in [5, 5.41) is 5.06. The monoisotopic (exact) mass is 262 g/mol. The van der Waals surface area contributed by atoms with E-state index in [1.807, 2.05) is 13.1 Å². The van der Waals surface area contributed by atoms with Crippen molar-refractivity contribution in [1.82, 2.24) is 15.4 Å². The molecular weight excluding hydrogens is 240 g/mol. The van der Waals surface area contributed by atoms with Crippen molar-refractivity contribution < 1.29 is 4.79 Å². The Labute approximate surface area is 114 Å². The molecule has 2 atom stereocenters. The molecule has 0 saturated carbocycles. The molecule has 2 heterocycles. The van der Waals surface area contributed by atoms with Crippen molar-refractivity contribution in [2.75, 3.05) is 12.4 Å². The molecule has 2 N–H and O–H groups in total. The largest absolute Gasteiger partial charge is 0.388 e. The first-order valence-electron chi connectivity index (χ1n) is 6.85. The highest BCUT2D eigenvalue weighted by Crippen LogP contribution is 2.20. The van der Waals surface area contributed by atoms with E-state index in [0.29, 0.717) is 17.8 Å². The number of hydrogen-bond donors (Lipinski definition) is 2. The van der Waals surface area contributed by atoms with Crippen LogP contribution >= 0.6 is 0 Å². The van der Waals surface area contributed by atoms with Crippen LogP contribution in [-0.4, -0.2) is 35.0 Å². The molecule has 19 heavy (non-hydrogen) atoms. The van der Waals surface area contributed by atoms with Gasteiger partial charge < -0.3 is 5.32 Å². The molecular formula is C14H22N4O. The summed E-state index contributed by atoms with van der Waals surface area (Å²) in [6, 6.07) is 4.35. The molecule has 0 radical (unpaired) electrons. The zero-order valence-corrected chi connectivity index (χ0v) is 11.8. The van der Waals surface area contributed by atoms with Gasteiger partial charge in [0.05, 0.1) is 0 Å². The minimum absolute atomic E-state index is 0.141. The topological polar surface area (TPSA) is 57.3 Å². The van der Waals surface area contributed by atoms with Crippen LogP contribution in [0.4, 0.5) is 5.69 Å². The third-order valence-electron chi connectivity index (χ3n) is 3.71. The van der Waals surface area contributed by atoms with Gasteiger partial charge in [0.1, 0.15) is 5.69 Å². The number of nitrogens with one attached hydrogen (secondary N) is 2. The number of amides is 1. The van der Waals surface area contributed by atoms with E-state index >= 15 is 0 Å². The van der Waals surface area contributed by atoms with Crippen LogP contribution in [-0.2, 0) is 0 Å². The third kappa shape index (κ3) is 3.23. The number of aromatic nitrogens is 1. The number of nitrogens with zero attached hydrogens (tertiary/aromatic N) is 2. The van der Waals surface area contributed by atoms with Crippen molar-refractivity contribution in [3.8, 4) is 0 Å². The lowest BCUT2D eigenvalue weighted by atomic mass is 10.00. The Kier molecular flexibility index (Phi) is 4.37. The maximum atomic E-state index is 12.2. The van der Waals surface area contributed by atoms with Crippen molar-refractivity contribution in [3.63, 3.8) is 0 Å². The zero-order valence-electron chi connectivity index (χ0n) is 11.8. The Balaban J connectivity index is 2.07. The lowest BCUT2D eigenvalue weighted by Crippen LogP contribution is -2.54. The van der Waals surface area contributed by atoms with Crippen LogP contribution < -0.4 is 10.7 Å². The lowest BCUT2D eigenvalue weighted by Gasteiger charge is -2.38. The molecule has 1 fully saturated rings. The average Bonchev–Trinajstić information content (AvgIpc) is 2.43. The maximum Gasteiger partial charge on any atom is 0.284 e. The van der Waals surface area contributed by atoms with Gasteiger partial charge in [-0.2, -0.15) is 0 Å². The number of hydrogen-bond acceptors (Lipinski definition) is 4. The molecule has 1 aromatic rings. The van der Waals surface area contributed by atoms with E-state index in [4.69, 9.17) is 0 Å². The molecule has 1 aliphatic rings. The van der Waals surface area contributed by atoms with Crippen molar-refractivity contribution >= 4 is 11.6 Å². The fourth-order valence-corrected chi connectivity index (χ4v) is 2.53. The zero-order chi connectivity index (χ0) is 13.8. The highest BCUT2D eigenvalue weighted by atomic mass is 16.2. The van der Waals surface area contributed by atoms with Gasteiger partial charge in [-0.3, -0.25) is 15.2 Å². The van der Waals surface area contributed by atoms with Gasteiger partial charge in [0.15, 0.2) is 0 Å². The summed E-state index contributed by atoms with van der Waals surface area (Å²) >= 11 is 0. The van der Waals surface area contributed by atoms with E-state index in [0.717, 1.165) is 18.5 Å². The number of piperidine rings is 1. The Hall–Kier alpha value is -1.62. The second kappa shape index (κ2) is 6.02. The van der Waals surface area contributed by atoms with Gasteiger partial charge >= 0.3 is 0 Å². The van der Waals surface area contributed by atoms with Crippen molar-refractivity contribution in [1.29, 1.82) is 0 Å². The molecule has 0 spiro atoms. The first kappa shape index (κ1) is 13.8. The Morgan fingerprint density at radius 2 is 2.05 bits per heavy atom. The fraction of sp³-hybridized carbons (Fsp3) is 0.571. The molecule has 1 saturated heterocycles. The Bertz CT molecular complexity index is 439. The number of carbonyl (C=O) groups excluding carboxylic acids is 1. The minimum Gasteiger partial charge on any atom is -0.388 e. The fourth-order valence-electron chi connectivity index (χ4n) is 2.53. The van der Waals surface area contributed by atoms with Crippen molar-refractivity contribution in [2.24, 2.45) is 0 Å². The van der Waals surface area contributed by atoms with Gasteiger partial charge in [0, 0.05) is 31.0 Å². The number of rotatable bonds is 3. The Morgan fingerprint density at radius 1 is 1.37 bits per heavy atom. The molecule has 5 nitrogen and oxygen atoms in total. The Morgan fingerprint density at radius 3 is 2.68 bits per heavy atom. The molecule has 1 aromatic heterocycles. The second-order valence-electron chi connectivity index (χ2n) is 5.16. The third-order valence-corrected chi connectivity index (χ3v) is 3.71. The smallest absolute Gasteiger partial charge is 0.284 e. The molecule has 104 valence electrons. The van der Waals surface area contributed by atoms with Gasteiger partial charge in [-0.1, -0.05) is 6.42 Å². The molecule has 2 unspecified atom stereocenters. The summed E-state index contributed by atoms with van der Waals surface area (Å²) in [7, 11) is 1.83. The molecule has 0 aliphatic carbocycles. The molecule has 1 aliphatic heterocycles.